The van der Waals surface area contributed by atoms with E-state index >= 15 is 0 Å². The van der Waals surface area contributed by atoms with Gasteiger partial charge in [0.05, 0.1) is 0 Å². The Balaban J connectivity index is 2.19. The number of unbranched alkanes of at least 4 members (excludes halogenated alkanes) is 1. The molecule has 3 heteroatoms. The standard InChI is InChI=1S/C12H17NO2/c1-2-3-9-15-10-12(14)13-11-7-5-4-6-8-11/h4-8H,2-3,9-10H2,1H3,(H,13,14). The maximum Gasteiger partial charge on any atom is 0.250 e. The molecule has 3 nitrogen and oxygen atoms in total. The summed E-state index contributed by atoms with van der Waals surface area (Å²) in [7, 11) is 0. The average molecular weight is 207 g/mol. The van der Waals surface area contributed by atoms with E-state index in [4.69, 9.17) is 4.74 Å². The second kappa shape index (κ2) is 7.01. The number of hydrogen-bond acceptors (Lipinski definition) is 2. The summed E-state index contributed by atoms with van der Waals surface area (Å²) in [6.07, 6.45) is 2.08. The molecule has 15 heavy (non-hydrogen) atoms. The van der Waals surface area contributed by atoms with Crippen LogP contribution >= 0.6 is 0 Å². The number of anilines is 1. The third kappa shape index (κ3) is 5.18. The van der Waals surface area contributed by atoms with E-state index in [1.807, 2.05) is 30.3 Å². The molecule has 0 bridgehead atoms. The third-order valence-electron chi connectivity index (χ3n) is 1.93. The van der Waals surface area contributed by atoms with Crippen molar-refractivity contribution >= 4 is 11.6 Å². The lowest BCUT2D eigenvalue weighted by Gasteiger charge is -2.05. The van der Waals surface area contributed by atoms with Gasteiger partial charge < -0.3 is 10.1 Å². The number of benzene rings is 1. The SMILES string of the molecule is CCCCOCC(=O)Nc1ccccc1. The van der Waals surface area contributed by atoms with Crippen molar-refractivity contribution in [2.75, 3.05) is 18.5 Å². The zero-order chi connectivity index (χ0) is 10.9. The second-order valence-corrected chi connectivity index (χ2v) is 3.32. The Bertz CT molecular complexity index is 285. The van der Waals surface area contributed by atoms with Gasteiger partial charge in [0.25, 0.3) is 0 Å². The Hall–Kier alpha value is -1.35. The van der Waals surface area contributed by atoms with Crippen LogP contribution in [0.3, 0.4) is 0 Å². The molecule has 0 fully saturated rings. The summed E-state index contributed by atoms with van der Waals surface area (Å²) in [6, 6.07) is 9.38. The zero-order valence-corrected chi connectivity index (χ0v) is 9.03. The quantitative estimate of drug-likeness (QED) is 0.727. The zero-order valence-electron chi connectivity index (χ0n) is 9.03. The second-order valence-electron chi connectivity index (χ2n) is 3.32. The highest BCUT2D eigenvalue weighted by Crippen LogP contribution is 2.04. The number of ether oxygens (including phenoxy) is 1. The van der Waals surface area contributed by atoms with Crippen LogP contribution in [-0.2, 0) is 9.53 Å². The Morgan fingerprint density at radius 1 is 1.33 bits per heavy atom. The molecule has 0 aliphatic rings. The van der Waals surface area contributed by atoms with E-state index < -0.39 is 0 Å². The van der Waals surface area contributed by atoms with E-state index in [1.165, 1.54) is 0 Å². The summed E-state index contributed by atoms with van der Waals surface area (Å²) in [5, 5.41) is 2.75. The number of carbonyl (C=O) groups excluding carboxylic acids is 1. The molecule has 0 heterocycles. The lowest BCUT2D eigenvalue weighted by Crippen LogP contribution is -2.18. The molecule has 0 atom stereocenters. The first-order valence-corrected chi connectivity index (χ1v) is 5.25. The lowest BCUT2D eigenvalue weighted by molar-refractivity contribution is -0.120. The van der Waals surface area contributed by atoms with Crippen molar-refractivity contribution < 1.29 is 9.53 Å². The minimum Gasteiger partial charge on any atom is -0.372 e. The fourth-order valence-electron chi connectivity index (χ4n) is 1.13. The van der Waals surface area contributed by atoms with E-state index in [0.717, 1.165) is 18.5 Å². The first-order chi connectivity index (χ1) is 7.33. The highest BCUT2D eigenvalue weighted by molar-refractivity contribution is 5.91. The molecule has 0 saturated carbocycles. The van der Waals surface area contributed by atoms with Crippen molar-refractivity contribution in [2.45, 2.75) is 19.8 Å². The molecule has 0 aliphatic heterocycles. The van der Waals surface area contributed by atoms with Crippen LogP contribution in [0.25, 0.3) is 0 Å². The number of amides is 1. The van der Waals surface area contributed by atoms with E-state index in [0.29, 0.717) is 6.61 Å². The first-order valence-electron chi connectivity index (χ1n) is 5.25. The van der Waals surface area contributed by atoms with Gasteiger partial charge in [-0.3, -0.25) is 4.79 Å². The first kappa shape index (κ1) is 11.7. The normalized spacial score (nSPS) is 9.93. The number of rotatable bonds is 6. The Labute approximate surface area is 90.4 Å². The molecule has 1 rings (SSSR count). The number of nitrogens with one attached hydrogen (secondary N) is 1. The summed E-state index contributed by atoms with van der Waals surface area (Å²) in [4.78, 5) is 11.3. The van der Waals surface area contributed by atoms with E-state index in [2.05, 4.69) is 12.2 Å². The molecular formula is C12H17NO2. The molecule has 0 unspecified atom stereocenters. The molecule has 1 amide bonds. The maximum atomic E-state index is 11.3. The minimum atomic E-state index is -0.0997. The number of carbonyl (C=O) groups is 1. The van der Waals surface area contributed by atoms with Crippen LogP contribution in [0.4, 0.5) is 5.69 Å². The van der Waals surface area contributed by atoms with Gasteiger partial charge in [-0.2, -0.15) is 0 Å². The molecule has 1 aromatic rings. The Morgan fingerprint density at radius 3 is 2.73 bits per heavy atom. The largest absolute Gasteiger partial charge is 0.372 e. The summed E-state index contributed by atoms with van der Waals surface area (Å²) in [6.45, 7) is 2.88. The fraction of sp³-hybridized carbons (Fsp3) is 0.417. The van der Waals surface area contributed by atoms with Crippen LogP contribution in [-0.4, -0.2) is 19.1 Å². The predicted molar refractivity (Wildman–Crippen MR) is 60.8 cm³/mol. The molecule has 0 radical (unpaired) electrons. The smallest absolute Gasteiger partial charge is 0.250 e. The number of para-hydroxylation sites is 1. The molecule has 0 spiro atoms. The van der Waals surface area contributed by atoms with Crippen LogP contribution in [0.15, 0.2) is 30.3 Å². The molecule has 0 aliphatic carbocycles. The number of hydrogen-bond donors (Lipinski definition) is 1. The Kier molecular flexibility index (Phi) is 5.48. The topological polar surface area (TPSA) is 38.3 Å². The van der Waals surface area contributed by atoms with E-state index in [1.54, 1.807) is 0 Å². The van der Waals surface area contributed by atoms with Crippen LogP contribution in [0.2, 0.25) is 0 Å². The molecule has 0 saturated heterocycles. The van der Waals surface area contributed by atoms with Crippen LogP contribution in [0.1, 0.15) is 19.8 Å². The summed E-state index contributed by atoms with van der Waals surface area (Å²) in [5.41, 5.74) is 0.807. The lowest BCUT2D eigenvalue weighted by atomic mass is 10.3. The van der Waals surface area contributed by atoms with Gasteiger partial charge >= 0.3 is 0 Å². The monoisotopic (exact) mass is 207 g/mol. The molecule has 1 aromatic carbocycles. The van der Waals surface area contributed by atoms with Gasteiger partial charge in [0.15, 0.2) is 0 Å². The van der Waals surface area contributed by atoms with Crippen LogP contribution in [0.5, 0.6) is 0 Å². The van der Waals surface area contributed by atoms with Crippen LogP contribution in [0, 0.1) is 0 Å². The van der Waals surface area contributed by atoms with Gasteiger partial charge in [-0.25, -0.2) is 0 Å². The minimum absolute atomic E-state index is 0.0997. The van der Waals surface area contributed by atoms with E-state index in [9.17, 15) is 4.79 Å². The van der Waals surface area contributed by atoms with Crippen molar-refractivity contribution in [3.05, 3.63) is 30.3 Å². The van der Waals surface area contributed by atoms with Crippen molar-refractivity contribution in [1.29, 1.82) is 0 Å². The van der Waals surface area contributed by atoms with Crippen molar-refractivity contribution in [2.24, 2.45) is 0 Å². The highest BCUT2D eigenvalue weighted by atomic mass is 16.5. The molecule has 82 valence electrons. The van der Waals surface area contributed by atoms with Gasteiger partial charge in [0.1, 0.15) is 6.61 Å². The molecule has 1 N–H and O–H groups in total. The summed E-state index contributed by atoms with van der Waals surface area (Å²) < 4.78 is 5.20. The summed E-state index contributed by atoms with van der Waals surface area (Å²) >= 11 is 0. The highest BCUT2D eigenvalue weighted by Gasteiger charge is 2.00. The third-order valence-corrected chi connectivity index (χ3v) is 1.93. The average Bonchev–Trinajstić information content (AvgIpc) is 2.26. The van der Waals surface area contributed by atoms with Gasteiger partial charge in [-0.1, -0.05) is 31.5 Å². The fourth-order valence-corrected chi connectivity index (χ4v) is 1.13. The Morgan fingerprint density at radius 2 is 2.07 bits per heavy atom. The van der Waals surface area contributed by atoms with Crippen molar-refractivity contribution in [3.63, 3.8) is 0 Å². The predicted octanol–water partition coefficient (Wildman–Crippen LogP) is 2.44. The van der Waals surface area contributed by atoms with Gasteiger partial charge in [-0.15, -0.1) is 0 Å². The summed E-state index contributed by atoms with van der Waals surface area (Å²) in [5.74, 6) is -0.0997. The van der Waals surface area contributed by atoms with Gasteiger partial charge in [-0.05, 0) is 18.6 Å². The van der Waals surface area contributed by atoms with E-state index in [-0.39, 0.29) is 12.5 Å². The maximum absolute atomic E-state index is 11.3. The molecule has 0 aromatic heterocycles. The van der Waals surface area contributed by atoms with Crippen molar-refractivity contribution in [1.82, 2.24) is 0 Å². The van der Waals surface area contributed by atoms with Crippen LogP contribution < -0.4 is 5.32 Å². The van der Waals surface area contributed by atoms with Crippen molar-refractivity contribution in [3.8, 4) is 0 Å². The molecular weight excluding hydrogens is 190 g/mol. The van der Waals surface area contributed by atoms with Gasteiger partial charge in [0, 0.05) is 12.3 Å². The van der Waals surface area contributed by atoms with Gasteiger partial charge in [0.2, 0.25) is 5.91 Å².